The maximum atomic E-state index is 13.7. The number of hydrogen-bond acceptors (Lipinski definition) is 32. The third-order valence-corrected chi connectivity index (χ3v) is 33.4. The molecule has 0 aliphatic carbocycles. The summed E-state index contributed by atoms with van der Waals surface area (Å²) in [6.45, 7) is 40.1. The topological polar surface area (TPSA) is 316 Å². The first-order chi connectivity index (χ1) is 69.2. The van der Waals surface area contributed by atoms with E-state index in [-0.39, 0.29) is 65.5 Å². The Morgan fingerprint density at radius 3 is 1.10 bits per heavy atom. The molecule has 8 aromatic heterocycles. The van der Waals surface area contributed by atoms with Crippen LogP contribution in [0.3, 0.4) is 0 Å². The van der Waals surface area contributed by atoms with Crippen molar-refractivity contribution in [3.05, 3.63) is 291 Å². The standard InChI is InChI=1S/C27H29N5O2S2.C26H27N5O3S2.C26H25N5O3S2.C26H29N5O2S2/c1-5-18(3)32-19-9-10-20(32)16-31(15-19)26(33)21-13-23(17(2)12-22(21)34-4)35-25-14-29-27(36-25)30-24-8-6-7-11-28-24;1-4-22(32)30-10-8-26(14-30)15-31(16-26)24(33)18-12-20(17(2)11-19(18)34-3)35-23-13-28-25(36-23)29-21-7-5-6-9-27-21;1-5-18-16-30(11-12-31(18)23(32)6-2)25(33)19-14-21(17(3)13-20(19)34-4)35-24-15-28-26(36-24)29-22-9-7-8-10-27-22;1-6-18(3)30-11-12-31(19(4)16-30)25(32)20-14-22(17(2)13-21(20)33-5)34-24-15-28-26(35-24)29-23-9-7-8-10-27-23/h5-8,11-14,19-20H,1,3,9-10,15-16H2,2,4H3,(H,28,29,30);4-7,9,11-13H,1,8,10,14-16H2,2-3H3,(H,27,28,29);1,6-10,13-15,18H,2,11-12,16H2,3-4H3,(H,27,28,29);6-10,13-15,19H,1,3,11-12,16H2,2,4-5H3,(H,27,28,29)/t19-,20+;;18-;19-/m..10/s1. The molecule has 14 heterocycles. The largest absolute Gasteiger partial charge is 0.496 e. The van der Waals surface area contributed by atoms with Crippen molar-refractivity contribution in [1.82, 2.24) is 79.1 Å². The van der Waals surface area contributed by atoms with Crippen LogP contribution in [0.4, 0.5) is 43.8 Å². The Bertz CT molecular complexity index is 6720. The highest BCUT2D eigenvalue weighted by Gasteiger charge is 2.51. The Kier molecular flexibility index (Phi) is 34.7. The molecular formula is C105H110N20O10S8. The van der Waals surface area contributed by atoms with Crippen molar-refractivity contribution in [1.29, 1.82) is 0 Å². The molecule has 0 unspecified atom stereocenters. The lowest BCUT2D eigenvalue weighted by atomic mass is 9.78. The number of allylic oxidation sites excluding steroid dienone is 2. The van der Waals surface area contributed by atoms with Crippen LogP contribution in [-0.2, 0) is 9.59 Å². The lowest BCUT2D eigenvalue weighted by Crippen LogP contribution is -2.59. The molecule has 143 heavy (non-hydrogen) atoms. The van der Waals surface area contributed by atoms with Crippen molar-refractivity contribution in [3.8, 4) is 35.3 Å². The summed E-state index contributed by atoms with van der Waals surface area (Å²) >= 11 is 12.4. The van der Waals surface area contributed by atoms with E-state index in [1.54, 1.807) is 133 Å². The highest BCUT2D eigenvalue weighted by atomic mass is 32.2. The number of hydrogen-bond donors (Lipinski definition) is 4. The molecule has 6 saturated heterocycles. The number of ether oxygens (including phenoxy) is 4. The average Bonchev–Trinajstić information content (AvgIpc) is 1.64. The second kappa shape index (κ2) is 47.9. The maximum Gasteiger partial charge on any atom is 0.258 e. The number of carbonyl (C=O) groups excluding carboxylic acids is 6. The maximum absolute atomic E-state index is 13.7. The van der Waals surface area contributed by atoms with Gasteiger partial charge in [-0.05, 0) is 198 Å². The monoisotopic (exact) mass is 2070 g/mol. The molecule has 6 amide bonds. The van der Waals surface area contributed by atoms with Crippen LogP contribution in [0.15, 0.2) is 282 Å². The molecule has 0 radical (unpaired) electrons. The predicted molar refractivity (Wildman–Crippen MR) is 571 cm³/mol. The van der Waals surface area contributed by atoms with Crippen molar-refractivity contribution >= 4 is 172 Å². The highest BCUT2D eigenvalue weighted by molar-refractivity contribution is 8.02. The van der Waals surface area contributed by atoms with Crippen LogP contribution in [0.5, 0.6) is 23.0 Å². The van der Waals surface area contributed by atoms with E-state index < -0.39 is 6.04 Å². The van der Waals surface area contributed by atoms with Crippen molar-refractivity contribution in [2.75, 3.05) is 128 Å². The van der Waals surface area contributed by atoms with Gasteiger partial charge in [-0.1, -0.05) is 162 Å². The zero-order valence-corrected chi connectivity index (χ0v) is 87.2. The number of carbonyl (C=O) groups is 6. The molecule has 38 heteroatoms. The van der Waals surface area contributed by atoms with Gasteiger partial charge in [-0.3, -0.25) is 28.8 Å². The molecule has 4 aromatic carbocycles. The molecule has 6 aliphatic rings. The summed E-state index contributed by atoms with van der Waals surface area (Å²) in [5.74, 6) is 7.30. The number of likely N-dealkylation sites (tertiary alicyclic amines) is 3. The molecule has 2 bridgehead atoms. The summed E-state index contributed by atoms with van der Waals surface area (Å²) < 4.78 is 26.4. The minimum absolute atomic E-state index is 0.0104. The van der Waals surface area contributed by atoms with Crippen LogP contribution in [0, 0.1) is 45.5 Å². The molecule has 6 fully saturated rings. The van der Waals surface area contributed by atoms with Crippen LogP contribution in [0.1, 0.15) is 89.9 Å². The van der Waals surface area contributed by atoms with Gasteiger partial charge in [0.15, 0.2) is 20.5 Å². The summed E-state index contributed by atoms with van der Waals surface area (Å²) in [6, 6.07) is 38.1. The first-order valence-electron chi connectivity index (χ1n) is 45.9. The lowest BCUT2D eigenvalue weighted by molar-refractivity contribution is -0.129. The second-order valence-electron chi connectivity index (χ2n) is 34.2. The summed E-state index contributed by atoms with van der Waals surface area (Å²) in [5, 5.41) is 15.9. The zero-order chi connectivity index (χ0) is 101. The van der Waals surface area contributed by atoms with Gasteiger partial charge in [0, 0.05) is 151 Å². The fourth-order valence-corrected chi connectivity index (χ4v) is 25.2. The van der Waals surface area contributed by atoms with E-state index >= 15 is 0 Å². The number of piperazine rings is 3. The van der Waals surface area contributed by atoms with Gasteiger partial charge in [-0.25, -0.2) is 39.9 Å². The minimum Gasteiger partial charge on any atom is -0.496 e. The van der Waals surface area contributed by atoms with Gasteiger partial charge >= 0.3 is 0 Å². The number of anilines is 8. The number of benzene rings is 4. The number of aromatic nitrogens is 8. The van der Waals surface area contributed by atoms with Gasteiger partial charge in [0.1, 0.15) is 52.3 Å². The summed E-state index contributed by atoms with van der Waals surface area (Å²) in [6.07, 6.45) is 29.1. The summed E-state index contributed by atoms with van der Waals surface area (Å²) in [7, 11) is 6.35. The van der Waals surface area contributed by atoms with Crippen LogP contribution >= 0.6 is 92.4 Å². The van der Waals surface area contributed by atoms with Gasteiger partial charge in [0.2, 0.25) is 11.8 Å². The Balaban J connectivity index is 0.000000144. The molecule has 30 nitrogen and oxygen atoms in total. The number of rotatable bonds is 30. The summed E-state index contributed by atoms with van der Waals surface area (Å²) in [4.78, 5) is 133. The highest BCUT2D eigenvalue weighted by Crippen LogP contribution is 2.47. The number of amides is 6. The van der Waals surface area contributed by atoms with Crippen LogP contribution in [-0.4, -0.2) is 246 Å². The van der Waals surface area contributed by atoms with Crippen molar-refractivity contribution < 1.29 is 47.7 Å². The van der Waals surface area contributed by atoms with E-state index in [9.17, 15) is 28.8 Å². The molecule has 12 aromatic rings. The number of nitrogens with zero attached hydrogens (tertiary/aromatic N) is 16. The number of methoxy groups -OCH3 is 4. The molecule has 738 valence electrons. The minimum atomic E-state index is -0.513. The van der Waals surface area contributed by atoms with Gasteiger partial charge in [0.05, 0.1) is 98.9 Å². The van der Waals surface area contributed by atoms with E-state index in [1.807, 2.05) is 193 Å². The van der Waals surface area contributed by atoms with Crippen molar-refractivity contribution in [2.45, 2.75) is 114 Å². The number of nitrogens with one attached hydrogen (secondary N) is 4. The van der Waals surface area contributed by atoms with Gasteiger partial charge < -0.3 is 79.4 Å². The lowest BCUT2D eigenvalue weighted by Gasteiger charge is -2.48. The van der Waals surface area contributed by atoms with Crippen molar-refractivity contribution in [2.24, 2.45) is 5.41 Å². The average molecular weight is 2070 g/mol. The first kappa shape index (κ1) is 104. The Hall–Kier alpha value is -13.8. The van der Waals surface area contributed by atoms with E-state index in [0.717, 1.165) is 146 Å². The van der Waals surface area contributed by atoms with E-state index in [1.165, 1.54) is 46.6 Å². The van der Waals surface area contributed by atoms with Crippen molar-refractivity contribution in [3.63, 3.8) is 0 Å². The SMILES string of the molecule is C#C[C@@H]1CN(C(=O)c2cc(Sc3cnc(Nc4ccccn4)s3)c(C)cc2OC)CCN1C(=O)C=C.C=CC(=C)N1CCN(C(=O)c2cc(Sc3cnc(Nc4ccccn4)s3)c(C)cc2OC)[C@@H](C)C1.C=CC(=C)N1[C@@H]2CC[C@H]1CN(C(=O)c1cc(Sc3cnc(Nc4ccccn4)s3)c(C)cc1OC)C2.C=CC(=O)N1CCC2(C1)CN(C(=O)c1cc(Sc3cnc(Nc4ccccn4)s3)c(C)cc1OC)C2. The molecule has 4 atom stereocenters. The second-order valence-corrected chi connectivity index (χ2v) is 43.7. The van der Waals surface area contributed by atoms with Gasteiger partial charge in [-0.2, -0.15) is 0 Å². The van der Waals surface area contributed by atoms with E-state index in [4.69, 9.17) is 25.4 Å². The molecule has 1 spiro atoms. The smallest absolute Gasteiger partial charge is 0.258 e. The summed E-state index contributed by atoms with van der Waals surface area (Å²) in [5.41, 5.74) is 8.07. The first-order valence-corrected chi connectivity index (χ1v) is 52.4. The quantitative estimate of drug-likeness (QED) is 0.0185. The number of pyridine rings is 4. The molecule has 6 aliphatic heterocycles. The van der Waals surface area contributed by atoms with Crippen LogP contribution in [0.2, 0.25) is 0 Å². The number of fused-ring (bicyclic) bond motifs is 2. The molecular weight excluding hydrogens is 1960 g/mol. The molecule has 0 saturated carbocycles. The Labute approximate surface area is 865 Å². The molecule has 4 N–H and O–H groups in total. The van der Waals surface area contributed by atoms with Gasteiger partial charge in [-0.15, -0.1) is 6.42 Å². The number of aryl methyl sites for hydroxylation is 4. The third-order valence-electron chi connectivity index (χ3n) is 24.7. The fourth-order valence-electron chi connectivity index (χ4n) is 17.4. The Morgan fingerprint density at radius 1 is 0.413 bits per heavy atom. The van der Waals surface area contributed by atoms with E-state index in [0.29, 0.717) is 104 Å². The Morgan fingerprint density at radius 2 is 0.762 bits per heavy atom. The van der Waals surface area contributed by atoms with E-state index in [2.05, 4.69) is 123 Å². The fraction of sp³-hybridized carbons (Fsp3) is 0.276. The zero-order valence-electron chi connectivity index (χ0n) is 80.7. The number of thiazole rings is 4. The van der Waals surface area contributed by atoms with Crippen LogP contribution in [0.25, 0.3) is 0 Å². The van der Waals surface area contributed by atoms with Crippen LogP contribution < -0.4 is 40.2 Å². The molecule has 18 rings (SSSR count). The predicted octanol–water partition coefficient (Wildman–Crippen LogP) is 20.2. The third kappa shape index (κ3) is 25.3. The number of terminal acetylenes is 1. The normalized spacial score (nSPS) is 16.4. The van der Waals surface area contributed by atoms with Gasteiger partial charge in [0.25, 0.3) is 23.6 Å².